The maximum atomic E-state index is 12.8. The molecule has 9 nitrogen and oxygen atoms in total. The highest BCUT2D eigenvalue weighted by atomic mass is 32.2. The molecule has 0 spiro atoms. The number of benzene rings is 1. The molecule has 2 rings (SSSR count). The molecule has 31 heavy (non-hydrogen) atoms. The van der Waals surface area contributed by atoms with Gasteiger partial charge in [0, 0.05) is 25.3 Å². The summed E-state index contributed by atoms with van der Waals surface area (Å²) in [6, 6.07) is 7.96. The standard InChI is InChI=1S/C21H28N4O5S/c1-4-30-21(27)18-7-5-6-8-19(18)23-20(26)16(13-22)14-25(11-10-24(2)3)17-9-12-31(28,29)15-17/h5-8,14,17H,4,9-12,15H2,1-3H3,(H,23,26)/b16-14-. The van der Waals surface area contributed by atoms with Crippen molar-refractivity contribution in [2.45, 2.75) is 19.4 Å². The molecule has 1 aromatic carbocycles. The largest absolute Gasteiger partial charge is 0.462 e. The fourth-order valence-electron chi connectivity index (χ4n) is 3.18. The Morgan fingerprint density at radius 1 is 1.29 bits per heavy atom. The van der Waals surface area contributed by atoms with Gasteiger partial charge in [-0.1, -0.05) is 12.1 Å². The number of carbonyl (C=O) groups excluding carboxylic acids is 2. The molecule has 1 aromatic rings. The van der Waals surface area contributed by atoms with Crippen LogP contribution in [0, 0.1) is 11.3 Å². The molecule has 1 saturated heterocycles. The third-order valence-electron chi connectivity index (χ3n) is 4.81. The number of nitrogens with zero attached hydrogens (tertiary/aromatic N) is 3. The number of para-hydroxylation sites is 1. The highest BCUT2D eigenvalue weighted by Crippen LogP contribution is 2.20. The van der Waals surface area contributed by atoms with E-state index in [1.807, 2.05) is 25.1 Å². The average Bonchev–Trinajstić information content (AvgIpc) is 3.08. The van der Waals surface area contributed by atoms with E-state index in [0.717, 1.165) is 0 Å². The first-order valence-corrected chi connectivity index (χ1v) is 11.8. The van der Waals surface area contributed by atoms with Crippen LogP contribution < -0.4 is 5.32 Å². The zero-order valence-electron chi connectivity index (χ0n) is 18.0. The molecule has 1 heterocycles. The molecule has 0 radical (unpaired) electrons. The van der Waals surface area contributed by atoms with Crippen molar-refractivity contribution in [1.82, 2.24) is 9.80 Å². The van der Waals surface area contributed by atoms with Gasteiger partial charge in [-0.15, -0.1) is 0 Å². The summed E-state index contributed by atoms with van der Waals surface area (Å²) in [5.41, 5.74) is 0.235. The van der Waals surface area contributed by atoms with Crippen LogP contribution in [0.25, 0.3) is 0 Å². The third-order valence-corrected chi connectivity index (χ3v) is 6.56. The van der Waals surface area contributed by atoms with Crippen molar-refractivity contribution in [3.63, 3.8) is 0 Å². The smallest absolute Gasteiger partial charge is 0.340 e. The molecule has 1 atom stereocenters. The van der Waals surface area contributed by atoms with Crippen molar-refractivity contribution in [3.05, 3.63) is 41.6 Å². The average molecular weight is 449 g/mol. The quantitative estimate of drug-likeness (QED) is 0.341. The Hall–Kier alpha value is -2.90. The number of nitriles is 1. The van der Waals surface area contributed by atoms with Crippen LogP contribution in [0.5, 0.6) is 0 Å². The lowest BCUT2D eigenvalue weighted by atomic mass is 10.1. The van der Waals surface area contributed by atoms with Crippen LogP contribution in [0.2, 0.25) is 0 Å². The SMILES string of the molecule is CCOC(=O)c1ccccc1NC(=O)/C(C#N)=C\N(CCN(C)C)C1CCS(=O)(=O)C1. The summed E-state index contributed by atoms with van der Waals surface area (Å²) < 4.78 is 28.8. The van der Waals surface area contributed by atoms with E-state index in [9.17, 15) is 23.3 Å². The van der Waals surface area contributed by atoms with Crippen LogP contribution in [-0.2, 0) is 19.4 Å². The van der Waals surface area contributed by atoms with Crippen molar-refractivity contribution < 1.29 is 22.7 Å². The van der Waals surface area contributed by atoms with Gasteiger partial charge in [0.05, 0.1) is 29.4 Å². The van der Waals surface area contributed by atoms with Crippen molar-refractivity contribution in [2.24, 2.45) is 0 Å². The topological polar surface area (TPSA) is 120 Å². The van der Waals surface area contributed by atoms with Crippen LogP contribution >= 0.6 is 0 Å². The second kappa shape index (κ2) is 10.9. The fraction of sp³-hybridized carbons (Fsp3) is 0.476. The zero-order valence-corrected chi connectivity index (χ0v) is 18.8. The van der Waals surface area contributed by atoms with Gasteiger partial charge >= 0.3 is 5.97 Å². The molecule has 0 bridgehead atoms. The number of esters is 1. The van der Waals surface area contributed by atoms with Crippen molar-refractivity contribution in [3.8, 4) is 6.07 Å². The zero-order chi connectivity index (χ0) is 23.0. The number of sulfone groups is 1. The monoisotopic (exact) mass is 448 g/mol. The molecule has 1 amide bonds. The van der Waals surface area contributed by atoms with E-state index in [0.29, 0.717) is 19.5 Å². The van der Waals surface area contributed by atoms with Crippen molar-refractivity contribution >= 4 is 27.4 Å². The molecule has 168 valence electrons. The van der Waals surface area contributed by atoms with E-state index in [4.69, 9.17) is 4.74 Å². The van der Waals surface area contributed by atoms with Crippen LogP contribution in [-0.4, -0.2) is 81.4 Å². The van der Waals surface area contributed by atoms with Crippen LogP contribution in [0.4, 0.5) is 5.69 Å². The van der Waals surface area contributed by atoms with Crippen LogP contribution in [0.15, 0.2) is 36.0 Å². The molecular formula is C21H28N4O5S. The summed E-state index contributed by atoms with van der Waals surface area (Å²) in [6.07, 6.45) is 1.86. The number of rotatable bonds is 9. The van der Waals surface area contributed by atoms with Gasteiger partial charge < -0.3 is 19.9 Å². The molecule has 1 unspecified atom stereocenters. The number of likely N-dealkylation sites (N-methyl/N-ethyl adjacent to an activating group) is 1. The van der Waals surface area contributed by atoms with E-state index >= 15 is 0 Å². The maximum Gasteiger partial charge on any atom is 0.340 e. The fourth-order valence-corrected chi connectivity index (χ4v) is 4.92. The number of nitrogens with one attached hydrogen (secondary N) is 1. The number of hydrogen-bond acceptors (Lipinski definition) is 8. The lowest BCUT2D eigenvalue weighted by Gasteiger charge is -2.28. The molecular weight excluding hydrogens is 420 g/mol. The summed E-state index contributed by atoms with van der Waals surface area (Å²) in [6.45, 7) is 2.96. The molecule has 1 fully saturated rings. The van der Waals surface area contributed by atoms with Crippen molar-refractivity contribution in [1.29, 1.82) is 5.26 Å². The molecule has 1 N–H and O–H groups in total. The second-order valence-electron chi connectivity index (χ2n) is 7.47. The Kier molecular flexibility index (Phi) is 8.59. The van der Waals surface area contributed by atoms with E-state index in [2.05, 4.69) is 5.32 Å². The van der Waals surface area contributed by atoms with E-state index < -0.39 is 21.7 Å². The molecule has 0 aliphatic carbocycles. The molecule has 0 saturated carbocycles. The number of ether oxygens (including phenoxy) is 1. The van der Waals surface area contributed by atoms with Gasteiger partial charge in [0.25, 0.3) is 5.91 Å². The van der Waals surface area contributed by atoms with Gasteiger partial charge in [-0.25, -0.2) is 13.2 Å². The Balaban J connectivity index is 2.26. The first kappa shape index (κ1) is 24.4. The van der Waals surface area contributed by atoms with Gasteiger partial charge in [0.15, 0.2) is 9.84 Å². The lowest BCUT2D eigenvalue weighted by Crippen LogP contribution is -2.37. The van der Waals surface area contributed by atoms with Gasteiger partial charge in [-0.2, -0.15) is 5.26 Å². The first-order valence-electron chi connectivity index (χ1n) is 9.97. The van der Waals surface area contributed by atoms with Gasteiger partial charge in [-0.05, 0) is 39.6 Å². The predicted octanol–water partition coefficient (Wildman–Crippen LogP) is 1.26. The Morgan fingerprint density at radius 2 is 2.00 bits per heavy atom. The molecule has 10 heteroatoms. The Labute approximate surface area is 183 Å². The minimum Gasteiger partial charge on any atom is -0.462 e. The lowest BCUT2D eigenvalue weighted by molar-refractivity contribution is -0.112. The molecule has 1 aliphatic heterocycles. The third kappa shape index (κ3) is 7.08. The maximum absolute atomic E-state index is 12.8. The first-order chi connectivity index (χ1) is 14.7. The summed E-state index contributed by atoms with van der Waals surface area (Å²) in [7, 11) is 0.642. The highest BCUT2D eigenvalue weighted by Gasteiger charge is 2.31. The normalized spacial score (nSPS) is 17.8. The number of hydrogen-bond donors (Lipinski definition) is 1. The van der Waals surface area contributed by atoms with Crippen molar-refractivity contribution in [2.75, 3.05) is 50.6 Å². The Morgan fingerprint density at radius 3 is 2.58 bits per heavy atom. The van der Waals surface area contributed by atoms with Gasteiger partial charge in [-0.3, -0.25) is 4.79 Å². The van der Waals surface area contributed by atoms with E-state index in [-0.39, 0.29) is 41.0 Å². The van der Waals surface area contributed by atoms with Crippen LogP contribution in [0.3, 0.4) is 0 Å². The Bertz CT molecular complexity index is 982. The summed E-state index contributed by atoms with van der Waals surface area (Å²) in [5, 5.41) is 12.2. The minimum absolute atomic E-state index is 0.0110. The van der Waals surface area contributed by atoms with E-state index in [1.54, 1.807) is 30.0 Å². The minimum atomic E-state index is -3.13. The molecule has 1 aliphatic rings. The second-order valence-corrected chi connectivity index (χ2v) is 9.70. The van der Waals surface area contributed by atoms with Gasteiger partial charge in [0.1, 0.15) is 11.6 Å². The number of amides is 1. The summed E-state index contributed by atoms with van der Waals surface area (Å²) in [4.78, 5) is 28.6. The van der Waals surface area contributed by atoms with Crippen LogP contribution in [0.1, 0.15) is 23.7 Å². The van der Waals surface area contributed by atoms with Gasteiger partial charge in [0.2, 0.25) is 0 Å². The number of carbonyl (C=O) groups is 2. The predicted molar refractivity (Wildman–Crippen MR) is 117 cm³/mol. The number of anilines is 1. The highest BCUT2D eigenvalue weighted by molar-refractivity contribution is 7.91. The summed E-state index contributed by atoms with van der Waals surface area (Å²) >= 11 is 0. The molecule has 0 aromatic heterocycles. The summed E-state index contributed by atoms with van der Waals surface area (Å²) in [5.74, 6) is -1.19. The van der Waals surface area contributed by atoms with E-state index in [1.165, 1.54) is 12.3 Å².